The van der Waals surface area contributed by atoms with Crippen LogP contribution in [0, 0.1) is 5.82 Å². The van der Waals surface area contributed by atoms with Crippen LogP contribution in [0.5, 0.6) is 0 Å². The van der Waals surface area contributed by atoms with Gasteiger partial charge in [0.2, 0.25) is 0 Å². The number of ether oxygens (including phenoxy) is 1. The van der Waals surface area contributed by atoms with E-state index in [4.69, 9.17) is 16.3 Å². The van der Waals surface area contributed by atoms with Crippen LogP contribution in [0.1, 0.15) is 0 Å². The van der Waals surface area contributed by atoms with Gasteiger partial charge < -0.3 is 15.2 Å². The highest BCUT2D eigenvalue weighted by Crippen LogP contribution is 2.24. The van der Waals surface area contributed by atoms with Crippen molar-refractivity contribution < 1.29 is 14.2 Å². The summed E-state index contributed by atoms with van der Waals surface area (Å²) in [4.78, 5) is 0. The molecule has 2 rings (SSSR count). The van der Waals surface area contributed by atoms with E-state index < -0.39 is 6.10 Å². The molecular weight excluding hydrogens is 221 g/mol. The van der Waals surface area contributed by atoms with Gasteiger partial charge in [0.15, 0.2) is 0 Å². The summed E-state index contributed by atoms with van der Waals surface area (Å²) in [5.41, 5.74) is 0.478. The van der Waals surface area contributed by atoms with Crippen LogP contribution in [0.25, 0.3) is 0 Å². The quantitative estimate of drug-likeness (QED) is 0.813. The molecule has 82 valence electrons. The lowest BCUT2D eigenvalue weighted by molar-refractivity contribution is 0.125. The van der Waals surface area contributed by atoms with Crippen molar-refractivity contribution in [3.05, 3.63) is 29.0 Å². The number of nitrogens with one attached hydrogen (secondary N) is 1. The molecule has 2 N–H and O–H groups in total. The molecule has 0 radical (unpaired) electrons. The van der Waals surface area contributed by atoms with E-state index in [-0.39, 0.29) is 11.9 Å². The molecule has 1 aromatic carbocycles. The smallest absolute Gasteiger partial charge is 0.125 e. The van der Waals surface area contributed by atoms with Crippen LogP contribution in [0.3, 0.4) is 0 Å². The number of anilines is 1. The molecule has 1 aliphatic rings. The Hall–Kier alpha value is -0.840. The van der Waals surface area contributed by atoms with E-state index in [9.17, 15) is 9.50 Å². The molecule has 1 aliphatic heterocycles. The number of benzene rings is 1. The molecule has 2 unspecified atom stereocenters. The van der Waals surface area contributed by atoms with Crippen molar-refractivity contribution in [3.63, 3.8) is 0 Å². The van der Waals surface area contributed by atoms with Crippen molar-refractivity contribution in [2.45, 2.75) is 12.1 Å². The van der Waals surface area contributed by atoms with Gasteiger partial charge in [-0.1, -0.05) is 11.6 Å². The van der Waals surface area contributed by atoms with Crippen LogP contribution in [-0.4, -0.2) is 30.5 Å². The van der Waals surface area contributed by atoms with Gasteiger partial charge in [-0.2, -0.15) is 0 Å². The second kappa shape index (κ2) is 4.35. The van der Waals surface area contributed by atoms with Gasteiger partial charge in [-0.05, 0) is 18.2 Å². The predicted octanol–water partition coefficient (Wildman–Crippen LogP) is 1.65. The highest BCUT2D eigenvalue weighted by Gasteiger charge is 2.26. The third kappa shape index (κ3) is 2.40. The first-order valence-electron chi connectivity index (χ1n) is 4.64. The van der Waals surface area contributed by atoms with E-state index in [1.54, 1.807) is 0 Å². The molecule has 1 fully saturated rings. The number of hydrogen-bond donors (Lipinski definition) is 2. The third-order valence-electron chi connectivity index (χ3n) is 2.32. The largest absolute Gasteiger partial charge is 0.388 e. The Morgan fingerprint density at radius 2 is 2.27 bits per heavy atom. The third-order valence-corrected chi connectivity index (χ3v) is 2.65. The molecule has 0 aromatic heterocycles. The van der Waals surface area contributed by atoms with Crippen LogP contribution in [0.15, 0.2) is 18.2 Å². The van der Waals surface area contributed by atoms with E-state index >= 15 is 0 Å². The summed E-state index contributed by atoms with van der Waals surface area (Å²) in [6.45, 7) is 0.693. The van der Waals surface area contributed by atoms with Gasteiger partial charge >= 0.3 is 0 Å². The fourth-order valence-corrected chi connectivity index (χ4v) is 1.66. The minimum absolute atomic E-state index is 0.232. The first kappa shape index (κ1) is 10.7. The van der Waals surface area contributed by atoms with Crippen LogP contribution in [0.2, 0.25) is 5.02 Å². The van der Waals surface area contributed by atoms with Crippen LogP contribution < -0.4 is 5.32 Å². The Kier molecular flexibility index (Phi) is 3.09. The second-order valence-electron chi connectivity index (χ2n) is 3.48. The summed E-state index contributed by atoms with van der Waals surface area (Å²) in [5.74, 6) is -0.365. The maximum atomic E-state index is 12.9. The highest BCUT2D eigenvalue weighted by molar-refractivity contribution is 6.33. The van der Waals surface area contributed by atoms with Crippen molar-refractivity contribution in [1.82, 2.24) is 0 Å². The fourth-order valence-electron chi connectivity index (χ4n) is 1.49. The summed E-state index contributed by atoms with van der Waals surface area (Å²) in [5, 5.41) is 12.9. The lowest BCUT2D eigenvalue weighted by Gasteiger charge is -2.16. The second-order valence-corrected chi connectivity index (χ2v) is 3.89. The molecule has 0 amide bonds. The Labute approximate surface area is 91.8 Å². The molecule has 1 saturated heterocycles. The van der Waals surface area contributed by atoms with Crippen molar-refractivity contribution in [3.8, 4) is 0 Å². The van der Waals surface area contributed by atoms with Crippen LogP contribution in [-0.2, 0) is 4.74 Å². The Bertz CT molecular complexity index is 361. The van der Waals surface area contributed by atoms with Gasteiger partial charge in [0.05, 0.1) is 36.1 Å². The summed E-state index contributed by atoms with van der Waals surface area (Å²) in [7, 11) is 0. The van der Waals surface area contributed by atoms with Crippen molar-refractivity contribution in [1.29, 1.82) is 0 Å². The van der Waals surface area contributed by atoms with Gasteiger partial charge in [-0.25, -0.2) is 4.39 Å². The molecule has 0 spiro atoms. The summed E-state index contributed by atoms with van der Waals surface area (Å²) < 4.78 is 18.0. The molecule has 0 bridgehead atoms. The van der Waals surface area contributed by atoms with Gasteiger partial charge in [-0.3, -0.25) is 0 Å². The predicted molar refractivity (Wildman–Crippen MR) is 55.6 cm³/mol. The molecule has 1 aromatic rings. The SMILES string of the molecule is OC1COCC1Nc1cc(F)ccc1Cl. The highest BCUT2D eigenvalue weighted by atomic mass is 35.5. The maximum absolute atomic E-state index is 12.9. The zero-order valence-corrected chi connectivity index (χ0v) is 8.67. The zero-order valence-electron chi connectivity index (χ0n) is 7.91. The first-order valence-corrected chi connectivity index (χ1v) is 5.02. The summed E-state index contributed by atoms with van der Waals surface area (Å²) >= 11 is 5.87. The Balaban J connectivity index is 2.12. The lowest BCUT2D eigenvalue weighted by Crippen LogP contribution is -2.31. The average molecular weight is 232 g/mol. The Morgan fingerprint density at radius 1 is 1.47 bits per heavy atom. The molecule has 0 saturated carbocycles. The molecular formula is C10H11ClFNO2. The minimum atomic E-state index is -0.579. The normalized spacial score (nSPS) is 25.5. The van der Waals surface area contributed by atoms with E-state index in [2.05, 4.69) is 5.32 Å². The Morgan fingerprint density at radius 3 is 2.93 bits per heavy atom. The standard InChI is InChI=1S/C10H11ClFNO2/c11-7-2-1-6(12)3-8(7)13-9-4-15-5-10(9)14/h1-3,9-10,13-14H,4-5H2. The molecule has 2 atom stereocenters. The molecule has 1 heterocycles. The van der Waals surface area contributed by atoms with Crippen LogP contribution in [0.4, 0.5) is 10.1 Å². The molecule has 0 aliphatic carbocycles. The number of hydrogen-bond acceptors (Lipinski definition) is 3. The lowest BCUT2D eigenvalue weighted by atomic mass is 10.2. The number of halogens is 2. The van der Waals surface area contributed by atoms with Gasteiger partial charge in [0.1, 0.15) is 5.82 Å². The van der Waals surface area contributed by atoms with E-state index in [0.717, 1.165) is 0 Å². The van der Waals surface area contributed by atoms with Crippen molar-refractivity contribution in [2.24, 2.45) is 0 Å². The fraction of sp³-hybridized carbons (Fsp3) is 0.400. The molecule has 3 nitrogen and oxygen atoms in total. The summed E-state index contributed by atoms with van der Waals surface area (Å²) in [6.07, 6.45) is -0.579. The molecule has 5 heteroatoms. The number of aliphatic hydroxyl groups is 1. The molecule has 15 heavy (non-hydrogen) atoms. The van der Waals surface area contributed by atoms with Crippen molar-refractivity contribution in [2.75, 3.05) is 18.5 Å². The monoisotopic (exact) mass is 231 g/mol. The summed E-state index contributed by atoms with van der Waals surface area (Å²) in [6, 6.07) is 3.83. The van der Waals surface area contributed by atoms with Gasteiger partial charge in [-0.15, -0.1) is 0 Å². The van der Waals surface area contributed by atoms with Crippen molar-refractivity contribution >= 4 is 17.3 Å². The van der Waals surface area contributed by atoms with E-state index in [1.807, 2.05) is 0 Å². The van der Waals surface area contributed by atoms with E-state index in [0.29, 0.717) is 23.9 Å². The van der Waals surface area contributed by atoms with Gasteiger partial charge in [0.25, 0.3) is 0 Å². The average Bonchev–Trinajstić information content (AvgIpc) is 2.58. The van der Waals surface area contributed by atoms with Crippen LogP contribution >= 0.6 is 11.6 Å². The maximum Gasteiger partial charge on any atom is 0.125 e. The number of aliphatic hydroxyl groups excluding tert-OH is 1. The topological polar surface area (TPSA) is 41.5 Å². The van der Waals surface area contributed by atoms with E-state index in [1.165, 1.54) is 18.2 Å². The first-order chi connectivity index (χ1) is 7.16. The minimum Gasteiger partial charge on any atom is -0.388 e. The zero-order chi connectivity index (χ0) is 10.8. The number of rotatable bonds is 2. The van der Waals surface area contributed by atoms with Gasteiger partial charge in [0, 0.05) is 0 Å².